The van der Waals surface area contributed by atoms with Crippen LogP contribution in [0.3, 0.4) is 0 Å². The lowest BCUT2D eigenvalue weighted by Gasteiger charge is -2.32. The Kier molecular flexibility index (Phi) is 4.85. The van der Waals surface area contributed by atoms with Crippen molar-refractivity contribution in [2.45, 2.75) is 25.8 Å². The number of nitrogens with zero attached hydrogens (tertiary/aromatic N) is 5. The molecular weight excluding hydrogens is 292 g/mol. The maximum absolute atomic E-state index is 12.4. The van der Waals surface area contributed by atoms with Crippen molar-refractivity contribution in [1.29, 1.82) is 0 Å². The molecule has 1 fully saturated rings. The molecule has 0 radical (unpaired) electrons. The highest BCUT2D eigenvalue weighted by Crippen LogP contribution is 2.22. The Hall–Kier alpha value is -2.44. The van der Waals surface area contributed by atoms with Gasteiger partial charge in [0, 0.05) is 44.9 Å². The topological polar surface area (TPSA) is 75.9 Å². The number of carbonyl (C=O) groups is 1. The Bertz CT molecular complexity index is 642. The van der Waals surface area contributed by atoms with Crippen LogP contribution in [-0.2, 0) is 17.8 Å². The van der Waals surface area contributed by atoms with E-state index in [0.717, 1.165) is 43.9 Å². The minimum atomic E-state index is 0.131. The Labute approximate surface area is 135 Å². The molecule has 2 aromatic rings. The van der Waals surface area contributed by atoms with Gasteiger partial charge in [-0.25, -0.2) is 4.98 Å². The van der Waals surface area contributed by atoms with E-state index < -0.39 is 0 Å². The molecule has 1 atom stereocenters. The molecule has 1 amide bonds. The second kappa shape index (κ2) is 7.21. The van der Waals surface area contributed by atoms with E-state index in [1.54, 1.807) is 23.3 Å². The van der Waals surface area contributed by atoms with Crippen LogP contribution in [0, 0.1) is 5.92 Å². The molecule has 0 aliphatic carbocycles. The first-order chi connectivity index (χ1) is 11.3. The average Bonchev–Trinajstić information content (AvgIpc) is 3.08. The summed E-state index contributed by atoms with van der Waals surface area (Å²) in [7, 11) is 1.86. The molecule has 1 saturated heterocycles. The predicted octanol–water partition coefficient (Wildman–Crippen LogP) is 1.20. The van der Waals surface area contributed by atoms with Gasteiger partial charge in [-0.15, -0.1) is 0 Å². The number of anilines is 1. The zero-order chi connectivity index (χ0) is 16.1. The van der Waals surface area contributed by atoms with Crippen LogP contribution in [0.4, 0.5) is 5.82 Å². The summed E-state index contributed by atoms with van der Waals surface area (Å²) < 4.78 is 1.67. The van der Waals surface area contributed by atoms with Crippen LogP contribution in [0.1, 0.15) is 18.5 Å². The molecule has 0 saturated carbocycles. The van der Waals surface area contributed by atoms with E-state index in [0.29, 0.717) is 12.5 Å². The van der Waals surface area contributed by atoms with Gasteiger partial charge in [0.15, 0.2) is 0 Å². The standard InChI is InChI=1S/C16H22N6O/c1-17-16-14(18-6-7-19-16)10-13-4-2-8-21(11-13)15(23)12-22-9-3-5-20-22/h3,5-7,9,13H,2,4,8,10-12H2,1H3,(H,17,19)/t13-/m0/s1. The van der Waals surface area contributed by atoms with E-state index in [-0.39, 0.29) is 5.91 Å². The highest BCUT2D eigenvalue weighted by atomic mass is 16.2. The van der Waals surface area contributed by atoms with E-state index in [9.17, 15) is 4.79 Å². The molecule has 0 spiro atoms. The van der Waals surface area contributed by atoms with E-state index in [2.05, 4.69) is 20.4 Å². The molecule has 7 heteroatoms. The summed E-state index contributed by atoms with van der Waals surface area (Å²) in [6, 6.07) is 1.83. The third-order valence-electron chi connectivity index (χ3n) is 4.22. The first kappa shape index (κ1) is 15.5. The van der Waals surface area contributed by atoms with Gasteiger partial charge in [-0.3, -0.25) is 14.5 Å². The smallest absolute Gasteiger partial charge is 0.244 e. The Morgan fingerprint density at radius 3 is 3.00 bits per heavy atom. The van der Waals surface area contributed by atoms with Crippen molar-refractivity contribution in [3.05, 3.63) is 36.5 Å². The summed E-state index contributed by atoms with van der Waals surface area (Å²) in [5.41, 5.74) is 0.973. The second-order valence-electron chi connectivity index (χ2n) is 5.86. The molecule has 1 N–H and O–H groups in total. The van der Waals surface area contributed by atoms with Crippen LogP contribution in [0.15, 0.2) is 30.9 Å². The van der Waals surface area contributed by atoms with Gasteiger partial charge in [0.1, 0.15) is 12.4 Å². The fourth-order valence-corrected chi connectivity index (χ4v) is 3.09. The number of amides is 1. The van der Waals surface area contributed by atoms with Crippen LogP contribution in [0.2, 0.25) is 0 Å². The minimum absolute atomic E-state index is 0.131. The monoisotopic (exact) mass is 314 g/mol. The van der Waals surface area contributed by atoms with Gasteiger partial charge >= 0.3 is 0 Å². The molecule has 122 valence electrons. The maximum atomic E-state index is 12.4. The van der Waals surface area contributed by atoms with Gasteiger partial charge in [-0.1, -0.05) is 0 Å². The highest BCUT2D eigenvalue weighted by molar-refractivity contribution is 5.76. The summed E-state index contributed by atoms with van der Waals surface area (Å²) in [4.78, 5) is 23.1. The van der Waals surface area contributed by atoms with Crippen LogP contribution in [-0.4, -0.2) is 50.7 Å². The highest BCUT2D eigenvalue weighted by Gasteiger charge is 2.25. The number of hydrogen-bond acceptors (Lipinski definition) is 5. The van der Waals surface area contributed by atoms with Crippen molar-refractivity contribution in [2.75, 3.05) is 25.5 Å². The van der Waals surface area contributed by atoms with Gasteiger partial charge < -0.3 is 10.2 Å². The first-order valence-corrected chi connectivity index (χ1v) is 7.99. The Balaban J connectivity index is 1.60. The van der Waals surface area contributed by atoms with E-state index >= 15 is 0 Å². The molecule has 1 aliphatic heterocycles. The number of nitrogens with one attached hydrogen (secondary N) is 1. The molecule has 23 heavy (non-hydrogen) atoms. The lowest BCUT2D eigenvalue weighted by Crippen LogP contribution is -2.42. The Morgan fingerprint density at radius 1 is 1.35 bits per heavy atom. The number of aromatic nitrogens is 4. The van der Waals surface area contributed by atoms with Crippen LogP contribution < -0.4 is 5.32 Å². The molecule has 1 aliphatic rings. The summed E-state index contributed by atoms with van der Waals surface area (Å²) in [6.45, 7) is 1.92. The maximum Gasteiger partial charge on any atom is 0.244 e. The van der Waals surface area contributed by atoms with E-state index in [1.807, 2.05) is 24.2 Å². The Morgan fingerprint density at radius 2 is 2.22 bits per heavy atom. The lowest BCUT2D eigenvalue weighted by molar-refractivity contribution is -0.133. The molecule has 0 aromatic carbocycles. The molecule has 3 rings (SSSR count). The normalized spacial score (nSPS) is 18.0. The molecular formula is C16H22N6O. The number of likely N-dealkylation sites (tertiary alicyclic amines) is 1. The van der Waals surface area contributed by atoms with Gasteiger partial charge in [-0.2, -0.15) is 5.10 Å². The van der Waals surface area contributed by atoms with Crippen LogP contribution >= 0.6 is 0 Å². The first-order valence-electron chi connectivity index (χ1n) is 7.99. The zero-order valence-electron chi connectivity index (χ0n) is 13.4. The largest absolute Gasteiger partial charge is 0.372 e. The van der Waals surface area contributed by atoms with Gasteiger partial charge in [-0.05, 0) is 31.2 Å². The third kappa shape index (κ3) is 3.85. The third-order valence-corrected chi connectivity index (χ3v) is 4.22. The van der Waals surface area contributed by atoms with E-state index in [4.69, 9.17) is 0 Å². The van der Waals surface area contributed by atoms with Gasteiger partial charge in [0.2, 0.25) is 5.91 Å². The SMILES string of the molecule is CNc1nccnc1C[C@@H]1CCCN(C(=O)Cn2cccn2)C1. The van der Waals surface area contributed by atoms with Crippen molar-refractivity contribution in [2.24, 2.45) is 5.92 Å². The molecule has 0 unspecified atom stereocenters. The van der Waals surface area contributed by atoms with Gasteiger partial charge in [0.25, 0.3) is 0 Å². The number of hydrogen-bond donors (Lipinski definition) is 1. The lowest BCUT2D eigenvalue weighted by atomic mass is 9.93. The van der Waals surface area contributed by atoms with Gasteiger partial charge in [0.05, 0.1) is 5.69 Å². The van der Waals surface area contributed by atoms with Crippen molar-refractivity contribution in [3.63, 3.8) is 0 Å². The summed E-state index contributed by atoms with van der Waals surface area (Å²) in [5, 5.41) is 7.19. The zero-order valence-corrected chi connectivity index (χ0v) is 13.4. The molecule has 3 heterocycles. The van der Waals surface area contributed by atoms with Crippen molar-refractivity contribution in [1.82, 2.24) is 24.6 Å². The summed E-state index contributed by atoms with van der Waals surface area (Å²) >= 11 is 0. The predicted molar refractivity (Wildman–Crippen MR) is 86.8 cm³/mol. The second-order valence-corrected chi connectivity index (χ2v) is 5.86. The number of piperidine rings is 1. The van der Waals surface area contributed by atoms with E-state index in [1.165, 1.54) is 0 Å². The number of carbonyl (C=O) groups excluding carboxylic acids is 1. The summed E-state index contributed by atoms with van der Waals surface area (Å²) in [6.07, 6.45) is 9.92. The van der Waals surface area contributed by atoms with Crippen molar-refractivity contribution >= 4 is 11.7 Å². The van der Waals surface area contributed by atoms with Crippen molar-refractivity contribution < 1.29 is 4.79 Å². The quantitative estimate of drug-likeness (QED) is 0.897. The fraction of sp³-hybridized carbons (Fsp3) is 0.500. The van der Waals surface area contributed by atoms with Crippen LogP contribution in [0.25, 0.3) is 0 Å². The van der Waals surface area contributed by atoms with Crippen LogP contribution in [0.5, 0.6) is 0 Å². The van der Waals surface area contributed by atoms with Crippen molar-refractivity contribution in [3.8, 4) is 0 Å². The molecule has 2 aromatic heterocycles. The summed E-state index contributed by atoms with van der Waals surface area (Å²) in [5.74, 6) is 1.38. The fourth-order valence-electron chi connectivity index (χ4n) is 3.09. The minimum Gasteiger partial charge on any atom is -0.372 e. The molecule has 0 bridgehead atoms. The average molecular weight is 314 g/mol. The number of rotatable bonds is 5. The molecule has 7 nitrogen and oxygen atoms in total.